The molecule has 0 radical (unpaired) electrons. The molecular formula is C28H21NO6. The predicted molar refractivity (Wildman–Crippen MR) is 125 cm³/mol. The molecule has 1 spiro atoms. The molecule has 174 valence electrons. The van der Waals surface area contributed by atoms with Gasteiger partial charge in [-0.2, -0.15) is 0 Å². The SMILES string of the molecule is CCOc1ccc(N2C(=O)[C@H]3[C@@H](c4ccccc4)OC4(C(=O)c5ccccc5C4=O)[C@@H]3C2=O)cc1. The van der Waals surface area contributed by atoms with E-state index in [4.69, 9.17) is 9.47 Å². The summed E-state index contributed by atoms with van der Waals surface area (Å²) in [5.41, 5.74) is -0.656. The second-order valence-electron chi connectivity index (χ2n) is 8.83. The van der Waals surface area contributed by atoms with E-state index in [1.165, 1.54) is 0 Å². The largest absolute Gasteiger partial charge is 0.494 e. The molecular weight excluding hydrogens is 446 g/mol. The van der Waals surface area contributed by atoms with Gasteiger partial charge in [0.25, 0.3) is 0 Å². The maximum atomic E-state index is 13.9. The van der Waals surface area contributed by atoms with E-state index in [-0.39, 0.29) is 11.1 Å². The molecule has 0 saturated carbocycles. The summed E-state index contributed by atoms with van der Waals surface area (Å²) < 4.78 is 11.7. The van der Waals surface area contributed by atoms with E-state index in [9.17, 15) is 19.2 Å². The number of benzene rings is 3. The summed E-state index contributed by atoms with van der Waals surface area (Å²) in [5, 5.41) is 0. The van der Waals surface area contributed by atoms with E-state index >= 15 is 0 Å². The van der Waals surface area contributed by atoms with Crippen molar-refractivity contribution in [1.29, 1.82) is 0 Å². The fourth-order valence-corrected chi connectivity index (χ4v) is 5.57. The summed E-state index contributed by atoms with van der Waals surface area (Å²) in [4.78, 5) is 56.2. The lowest BCUT2D eigenvalue weighted by Gasteiger charge is -2.27. The highest BCUT2D eigenvalue weighted by Gasteiger charge is 2.74. The molecule has 0 bridgehead atoms. The second kappa shape index (κ2) is 7.71. The van der Waals surface area contributed by atoms with Crippen molar-refractivity contribution in [2.75, 3.05) is 11.5 Å². The number of imide groups is 1. The highest BCUT2D eigenvalue weighted by atomic mass is 16.5. The Hall–Kier alpha value is -4.10. The van der Waals surface area contributed by atoms with Gasteiger partial charge in [-0.1, -0.05) is 54.6 Å². The van der Waals surface area contributed by atoms with Gasteiger partial charge in [0.1, 0.15) is 5.75 Å². The quantitative estimate of drug-likeness (QED) is 0.429. The molecule has 2 fully saturated rings. The number of hydrogen-bond acceptors (Lipinski definition) is 6. The van der Waals surface area contributed by atoms with Crippen LogP contribution in [0.15, 0.2) is 78.9 Å². The maximum absolute atomic E-state index is 13.9. The number of amides is 2. The van der Waals surface area contributed by atoms with Crippen LogP contribution in [0, 0.1) is 11.8 Å². The first-order valence-electron chi connectivity index (χ1n) is 11.5. The van der Waals surface area contributed by atoms with Gasteiger partial charge in [-0.15, -0.1) is 0 Å². The highest BCUT2D eigenvalue weighted by molar-refractivity contribution is 6.37. The lowest BCUT2D eigenvalue weighted by molar-refractivity contribution is -0.127. The zero-order valence-electron chi connectivity index (χ0n) is 18.8. The summed E-state index contributed by atoms with van der Waals surface area (Å²) >= 11 is 0. The Morgan fingerprint density at radius 2 is 1.40 bits per heavy atom. The molecule has 1 aliphatic carbocycles. The molecule has 2 amide bonds. The summed E-state index contributed by atoms with van der Waals surface area (Å²) in [5.74, 6) is -3.92. The van der Waals surface area contributed by atoms with Crippen molar-refractivity contribution in [1.82, 2.24) is 0 Å². The smallest absolute Gasteiger partial charge is 0.241 e. The average molecular weight is 467 g/mol. The predicted octanol–water partition coefficient (Wildman–Crippen LogP) is 3.78. The molecule has 0 unspecified atom stereocenters. The fraction of sp³-hybridized carbons (Fsp3) is 0.214. The van der Waals surface area contributed by atoms with Crippen LogP contribution in [0.25, 0.3) is 0 Å². The number of ether oxygens (including phenoxy) is 2. The third-order valence-electron chi connectivity index (χ3n) is 7.05. The molecule has 0 aromatic heterocycles. The Bertz CT molecular complexity index is 1350. The Morgan fingerprint density at radius 3 is 2.00 bits per heavy atom. The van der Waals surface area contributed by atoms with Crippen LogP contribution in [0.1, 0.15) is 39.3 Å². The van der Waals surface area contributed by atoms with E-state index < -0.39 is 46.9 Å². The number of rotatable bonds is 4. The number of nitrogens with zero attached hydrogens (tertiary/aromatic N) is 1. The Balaban J connectivity index is 1.49. The first-order chi connectivity index (χ1) is 17.0. The van der Waals surface area contributed by atoms with Crippen LogP contribution >= 0.6 is 0 Å². The van der Waals surface area contributed by atoms with Gasteiger partial charge in [0.2, 0.25) is 29.0 Å². The first-order valence-corrected chi connectivity index (χ1v) is 11.5. The van der Waals surface area contributed by atoms with E-state index in [1.807, 2.05) is 13.0 Å². The van der Waals surface area contributed by atoms with Gasteiger partial charge >= 0.3 is 0 Å². The van der Waals surface area contributed by atoms with Crippen molar-refractivity contribution < 1.29 is 28.7 Å². The number of anilines is 1. The minimum absolute atomic E-state index is 0.213. The zero-order valence-corrected chi connectivity index (χ0v) is 18.8. The van der Waals surface area contributed by atoms with Gasteiger partial charge < -0.3 is 9.47 Å². The van der Waals surface area contributed by atoms with Gasteiger partial charge in [0.05, 0.1) is 30.2 Å². The Labute approximate surface area is 201 Å². The van der Waals surface area contributed by atoms with Crippen LogP contribution in [0.5, 0.6) is 5.75 Å². The van der Waals surface area contributed by atoms with Gasteiger partial charge in [-0.05, 0) is 36.8 Å². The topological polar surface area (TPSA) is 90.0 Å². The number of Topliss-reactive ketones (excluding diaryl/α,β-unsaturated/α-hetero) is 2. The third-order valence-corrected chi connectivity index (χ3v) is 7.05. The van der Waals surface area contributed by atoms with Gasteiger partial charge in [-0.3, -0.25) is 19.2 Å². The molecule has 2 saturated heterocycles. The molecule has 7 heteroatoms. The second-order valence-corrected chi connectivity index (χ2v) is 8.83. The van der Waals surface area contributed by atoms with E-state index in [1.54, 1.807) is 72.8 Å². The molecule has 3 atom stereocenters. The van der Waals surface area contributed by atoms with Gasteiger partial charge in [-0.25, -0.2) is 4.90 Å². The molecule has 3 aliphatic rings. The summed E-state index contributed by atoms with van der Waals surface area (Å²) in [6, 6.07) is 22.0. The standard InChI is InChI=1S/C28H21NO6/c1-2-34-18-14-12-17(13-15-18)29-26(32)21-22(27(29)33)28(35-23(21)16-8-4-3-5-9-16)24(30)19-10-6-7-11-20(19)25(28)31/h3-15,21-23H,2H2,1H3/t21-,22+,23-/m1/s1. The third kappa shape index (κ3) is 2.82. The fourth-order valence-electron chi connectivity index (χ4n) is 5.57. The molecule has 0 N–H and O–H groups in total. The minimum atomic E-state index is -2.07. The molecule has 3 aromatic carbocycles. The van der Waals surface area contributed by atoms with E-state index in [0.29, 0.717) is 23.6 Å². The van der Waals surface area contributed by atoms with Crippen LogP contribution in [0.2, 0.25) is 0 Å². The van der Waals surface area contributed by atoms with E-state index in [0.717, 1.165) is 4.90 Å². The number of hydrogen-bond donors (Lipinski definition) is 0. The average Bonchev–Trinajstić information content (AvgIpc) is 3.45. The molecule has 2 aliphatic heterocycles. The van der Waals surface area contributed by atoms with Crippen molar-refractivity contribution in [3.8, 4) is 5.75 Å². The molecule has 3 aromatic rings. The molecule has 7 nitrogen and oxygen atoms in total. The van der Waals surface area contributed by atoms with Gasteiger partial charge in [0, 0.05) is 11.1 Å². The molecule has 2 heterocycles. The van der Waals surface area contributed by atoms with Crippen molar-refractivity contribution in [2.45, 2.75) is 18.6 Å². The van der Waals surface area contributed by atoms with Crippen molar-refractivity contribution >= 4 is 29.1 Å². The van der Waals surface area contributed by atoms with Crippen LogP contribution < -0.4 is 9.64 Å². The van der Waals surface area contributed by atoms with Crippen molar-refractivity contribution in [3.63, 3.8) is 0 Å². The number of carbonyl (C=O) groups is 4. The van der Waals surface area contributed by atoms with Crippen LogP contribution in [-0.2, 0) is 14.3 Å². The van der Waals surface area contributed by atoms with Crippen LogP contribution in [0.4, 0.5) is 5.69 Å². The Kier molecular flexibility index (Phi) is 4.72. The Morgan fingerprint density at radius 1 is 0.800 bits per heavy atom. The van der Waals surface area contributed by atoms with Crippen LogP contribution in [-0.4, -0.2) is 35.6 Å². The highest BCUT2D eigenvalue weighted by Crippen LogP contribution is 2.57. The number of ketones is 2. The summed E-state index contributed by atoms with van der Waals surface area (Å²) in [7, 11) is 0. The first kappa shape index (κ1) is 21.4. The summed E-state index contributed by atoms with van der Waals surface area (Å²) in [6.45, 7) is 2.34. The van der Waals surface area contributed by atoms with Crippen molar-refractivity contribution in [2.24, 2.45) is 11.8 Å². The number of fused-ring (bicyclic) bond motifs is 3. The normalized spacial score (nSPS) is 24.3. The maximum Gasteiger partial charge on any atom is 0.241 e. The minimum Gasteiger partial charge on any atom is -0.494 e. The van der Waals surface area contributed by atoms with Crippen LogP contribution in [0.3, 0.4) is 0 Å². The zero-order chi connectivity index (χ0) is 24.3. The van der Waals surface area contributed by atoms with Crippen molar-refractivity contribution in [3.05, 3.63) is 95.6 Å². The summed E-state index contributed by atoms with van der Waals surface area (Å²) in [6.07, 6.45) is -0.924. The number of carbonyl (C=O) groups excluding carboxylic acids is 4. The van der Waals surface area contributed by atoms with Gasteiger partial charge in [0.15, 0.2) is 0 Å². The van der Waals surface area contributed by atoms with E-state index in [2.05, 4.69) is 0 Å². The molecule has 6 rings (SSSR count). The monoisotopic (exact) mass is 467 g/mol. The molecule has 35 heavy (non-hydrogen) atoms. The lowest BCUT2D eigenvalue weighted by atomic mass is 9.77. The lowest BCUT2D eigenvalue weighted by Crippen LogP contribution is -2.51.